The second-order valence-corrected chi connectivity index (χ2v) is 5.47. The Morgan fingerprint density at radius 1 is 1.40 bits per heavy atom. The average molecular weight is 269 g/mol. The number of amides is 1. The Hall–Kier alpha value is -2.10. The lowest BCUT2D eigenvalue weighted by molar-refractivity contribution is 0.0950. The van der Waals surface area contributed by atoms with E-state index in [1.54, 1.807) is 6.20 Å². The van der Waals surface area contributed by atoms with E-state index >= 15 is 0 Å². The molecule has 1 aliphatic carbocycles. The molecule has 1 aromatic carbocycles. The highest BCUT2D eigenvalue weighted by atomic mass is 16.1. The fourth-order valence-electron chi connectivity index (χ4n) is 2.76. The van der Waals surface area contributed by atoms with Crippen LogP contribution in [0.3, 0.4) is 0 Å². The lowest BCUT2D eigenvalue weighted by Crippen LogP contribution is -2.27. The number of fused-ring (bicyclic) bond motifs is 1. The topological polar surface area (TPSA) is 68.0 Å². The Labute approximate surface area is 118 Å². The Bertz CT molecular complexity index is 653. The zero-order valence-corrected chi connectivity index (χ0v) is 11.6. The summed E-state index contributed by atoms with van der Waals surface area (Å²) >= 11 is 0. The number of aromatic nitrogens is 1. The summed E-state index contributed by atoms with van der Waals surface area (Å²) in [5.74, 6) is 1.07. The summed E-state index contributed by atoms with van der Waals surface area (Å²) in [6.07, 6.45) is 5.03. The third kappa shape index (κ3) is 2.33. The van der Waals surface area contributed by atoms with Crippen molar-refractivity contribution in [3.05, 3.63) is 36.0 Å². The Balaban J connectivity index is 1.84. The fraction of sp³-hybridized carbons (Fsp3) is 0.375. The second-order valence-electron chi connectivity index (χ2n) is 5.47. The lowest BCUT2D eigenvalue weighted by atomic mass is 10.1. The van der Waals surface area contributed by atoms with E-state index in [4.69, 9.17) is 5.73 Å². The second kappa shape index (κ2) is 5.12. The zero-order valence-electron chi connectivity index (χ0n) is 11.6. The van der Waals surface area contributed by atoms with Crippen molar-refractivity contribution >= 4 is 22.5 Å². The van der Waals surface area contributed by atoms with Gasteiger partial charge in [-0.15, -0.1) is 0 Å². The summed E-state index contributed by atoms with van der Waals surface area (Å²) in [6.45, 7) is 2.18. The first-order chi connectivity index (χ1) is 9.70. The van der Waals surface area contributed by atoms with Crippen LogP contribution in [-0.4, -0.2) is 16.9 Å². The van der Waals surface area contributed by atoms with Gasteiger partial charge in [0.2, 0.25) is 0 Å². The summed E-state index contributed by atoms with van der Waals surface area (Å²) < 4.78 is 0. The van der Waals surface area contributed by atoms with E-state index in [1.165, 1.54) is 12.8 Å². The number of benzene rings is 1. The SMILES string of the molecule is CCCC1CC1NC(=O)c1cnc(N)c2ccccc12. The quantitative estimate of drug-likeness (QED) is 0.896. The van der Waals surface area contributed by atoms with Gasteiger partial charge in [-0.05, 0) is 24.1 Å². The Morgan fingerprint density at radius 3 is 2.90 bits per heavy atom. The fourth-order valence-corrected chi connectivity index (χ4v) is 2.76. The third-order valence-corrected chi connectivity index (χ3v) is 3.97. The number of anilines is 1. The summed E-state index contributed by atoms with van der Waals surface area (Å²) in [6, 6.07) is 7.96. The smallest absolute Gasteiger partial charge is 0.253 e. The van der Waals surface area contributed by atoms with E-state index in [1.807, 2.05) is 24.3 Å². The van der Waals surface area contributed by atoms with Gasteiger partial charge >= 0.3 is 0 Å². The van der Waals surface area contributed by atoms with Crippen molar-refractivity contribution in [2.24, 2.45) is 5.92 Å². The van der Waals surface area contributed by atoms with Crippen molar-refractivity contribution in [1.82, 2.24) is 10.3 Å². The first kappa shape index (κ1) is 12.9. The highest BCUT2D eigenvalue weighted by molar-refractivity contribution is 6.09. The van der Waals surface area contributed by atoms with E-state index in [9.17, 15) is 4.79 Å². The molecule has 4 nitrogen and oxygen atoms in total. The Kier molecular flexibility index (Phi) is 3.30. The molecule has 0 spiro atoms. The van der Waals surface area contributed by atoms with Gasteiger partial charge in [0.15, 0.2) is 0 Å². The predicted molar refractivity (Wildman–Crippen MR) is 80.4 cm³/mol. The molecule has 2 unspecified atom stereocenters. The maximum absolute atomic E-state index is 12.4. The standard InChI is InChI=1S/C16H19N3O/c1-2-5-10-8-14(10)19-16(20)13-9-18-15(17)12-7-4-3-6-11(12)13/h3-4,6-7,9-10,14H,2,5,8H2,1H3,(H2,17,18)(H,19,20). The normalized spacial score (nSPS) is 20.9. The maximum atomic E-state index is 12.4. The minimum absolute atomic E-state index is 0.0442. The molecule has 1 amide bonds. The molecule has 0 bridgehead atoms. The number of rotatable bonds is 4. The van der Waals surface area contributed by atoms with E-state index in [2.05, 4.69) is 17.2 Å². The zero-order chi connectivity index (χ0) is 14.1. The van der Waals surface area contributed by atoms with E-state index < -0.39 is 0 Å². The van der Waals surface area contributed by atoms with Crippen molar-refractivity contribution in [1.29, 1.82) is 0 Å². The highest BCUT2D eigenvalue weighted by Crippen LogP contribution is 2.35. The van der Waals surface area contributed by atoms with Gasteiger partial charge in [-0.3, -0.25) is 4.79 Å². The summed E-state index contributed by atoms with van der Waals surface area (Å²) in [4.78, 5) is 16.5. The number of hydrogen-bond donors (Lipinski definition) is 2. The molecule has 3 N–H and O–H groups in total. The van der Waals surface area contributed by atoms with Crippen molar-refractivity contribution in [3.8, 4) is 0 Å². The monoisotopic (exact) mass is 269 g/mol. The van der Waals surface area contributed by atoms with Crippen LogP contribution < -0.4 is 11.1 Å². The van der Waals surface area contributed by atoms with Crippen molar-refractivity contribution in [3.63, 3.8) is 0 Å². The molecule has 0 radical (unpaired) electrons. The molecule has 1 saturated carbocycles. The molecule has 2 aromatic rings. The van der Waals surface area contributed by atoms with Crippen LogP contribution in [0.4, 0.5) is 5.82 Å². The molecule has 1 aliphatic rings. The number of hydrogen-bond acceptors (Lipinski definition) is 3. The molecule has 1 fully saturated rings. The summed E-state index contributed by atoms with van der Waals surface area (Å²) in [5.41, 5.74) is 6.47. The van der Waals surface area contributed by atoms with E-state index in [-0.39, 0.29) is 5.91 Å². The maximum Gasteiger partial charge on any atom is 0.253 e. The van der Waals surface area contributed by atoms with Crippen molar-refractivity contribution in [2.45, 2.75) is 32.2 Å². The largest absolute Gasteiger partial charge is 0.383 e. The molecule has 4 heteroatoms. The van der Waals surface area contributed by atoms with Crippen molar-refractivity contribution in [2.75, 3.05) is 5.73 Å². The number of nitrogens with zero attached hydrogens (tertiary/aromatic N) is 1. The molecule has 20 heavy (non-hydrogen) atoms. The first-order valence-corrected chi connectivity index (χ1v) is 7.14. The number of carbonyl (C=O) groups excluding carboxylic acids is 1. The van der Waals surface area contributed by atoms with Crippen LogP contribution in [0.5, 0.6) is 0 Å². The predicted octanol–water partition coefficient (Wildman–Crippen LogP) is 2.74. The molecule has 0 saturated heterocycles. The third-order valence-electron chi connectivity index (χ3n) is 3.97. The molecule has 1 heterocycles. The van der Waals surface area contributed by atoms with Crippen LogP contribution in [0.1, 0.15) is 36.5 Å². The molecule has 3 rings (SSSR count). The number of nitrogens with one attached hydrogen (secondary N) is 1. The molecular weight excluding hydrogens is 250 g/mol. The minimum Gasteiger partial charge on any atom is -0.383 e. The van der Waals surface area contributed by atoms with E-state index in [0.717, 1.165) is 17.2 Å². The van der Waals surface area contributed by atoms with Gasteiger partial charge in [0.25, 0.3) is 5.91 Å². The molecule has 0 aliphatic heterocycles. The van der Waals surface area contributed by atoms with Gasteiger partial charge in [-0.25, -0.2) is 4.98 Å². The lowest BCUT2D eigenvalue weighted by Gasteiger charge is -2.08. The van der Waals surface area contributed by atoms with Crippen molar-refractivity contribution < 1.29 is 4.79 Å². The van der Waals surface area contributed by atoms with Gasteiger partial charge in [0, 0.05) is 17.6 Å². The minimum atomic E-state index is -0.0442. The van der Waals surface area contributed by atoms with Crippen LogP contribution in [0.15, 0.2) is 30.5 Å². The van der Waals surface area contributed by atoms with Gasteiger partial charge in [0.1, 0.15) is 5.82 Å². The average Bonchev–Trinajstić information content (AvgIpc) is 3.17. The highest BCUT2D eigenvalue weighted by Gasteiger charge is 2.37. The number of nitrogen functional groups attached to an aromatic ring is 1. The van der Waals surface area contributed by atoms with Crippen LogP contribution in [0.2, 0.25) is 0 Å². The van der Waals surface area contributed by atoms with E-state index in [0.29, 0.717) is 23.3 Å². The van der Waals surface area contributed by atoms with Gasteiger partial charge in [0.05, 0.1) is 5.56 Å². The first-order valence-electron chi connectivity index (χ1n) is 7.14. The summed E-state index contributed by atoms with van der Waals surface area (Å²) in [7, 11) is 0. The van der Waals surface area contributed by atoms with Gasteiger partial charge < -0.3 is 11.1 Å². The van der Waals surface area contributed by atoms with Gasteiger partial charge in [-0.1, -0.05) is 37.6 Å². The number of carbonyl (C=O) groups is 1. The van der Waals surface area contributed by atoms with Crippen LogP contribution in [-0.2, 0) is 0 Å². The molecule has 2 atom stereocenters. The van der Waals surface area contributed by atoms with Crippen LogP contribution >= 0.6 is 0 Å². The summed E-state index contributed by atoms with van der Waals surface area (Å²) in [5, 5.41) is 4.80. The molecular formula is C16H19N3O. The van der Waals surface area contributed by atoms with Crippen LogP contribution in [0, 0.1) is 5.92 Å². The number of nitrogens with two attached hydrogens (primary N) is 1. The Morgan fingerprint density at radius 2 is 2.15 bits per heavy atom. The molecule has 1 aromatic heterocycles. The van der Waals surface area contributed by atoms with Gasteiger partial charge in [-0.2, -0.15) is 0 Å². The molecule has 104 valence electrons. The number of pyridine rings is 1. The van der Waals surface area contributed by atoms with Crippen LogP contribution in [0.25, 0.3) is 10.8 Å².